The molecule has 0 radical (unpaired) electrons. The van der Waals surface area contributed by atoms with E-state index in [9.17, 15) is 4.79 Å². The van der Waals surface area contributed by atoms with Crippen molar-refractivity contribution in [2.24, 2.45) is 0 Å². The van der Waals surface area contributed by atoms with E-state index in [1.165, 1.54) is 5.56 Å². The molecule has 0 fully saturated rings. The Balaban J connectivity index is 2.04. The van der Waals surface area contributed by atoms with Crippen molar-refractivity contribution in [2.75, 3.05) is 20.6 Å². The van der Waals surface area contributed by atoms with E-state index < -0.39 is 0 Å². The summed E-state index contributed by atoms with van der Waals surface area (Å²) in [4.78, 5) is 14.3. The number of nitrogens with zero attached hydrogens (tertiary/aromatic N) is 1. The second-order valence-electron chi connectivity index (χ2n) is 5.98. The molecule has 2 aromatic rings. The highest BCUT2D eigenvalue weighted by Gasteiger charge is 2.13. The zero-order chi connectivity index (χ0) is 16.7. The molecule has 1 amide bonds. The van der Waals surface area contributed by atoms with Crippen molar-refractivity contribution in [3.63, 3.8) is 0 Å². The Bertz CT molecular complexity index is 645. The molecular formula is C20H24N2O. The standard InChI is InChI=1S/C20H24N2O/c1-16-9-11-17(12-10-16)13-14-20(23)21-19(15-22(2)3)18-7-5-4-6-8-18/h4-14,19H,15H2,1-3H3,(H,21,23)/b14-13+/t19-/m0/s1. The fourth-order valence-electron chi connectivity index (χ4n) is 2.35. The SMILES string of the molecule is Cc1ccc(/C=C/C(=O)N[C@@H](CN(C)C)c2ccccc2)cc1. The summed E-state index contributed by atoms with van der Waals surface area (Å²) in [6.45, 7) is 2.81. The quantitative estimate of drug-likeness (QED) is 0.829. The zero-order valence-corrected chi connectivity index (χ0v) is 14.0. The van der Waals surface area contributed by atoms with Gasteiger partial charge in [0.25, 0.3) is 0 Å². The third-order valence-electron chi connectivity index (χ3n) is 3.57. The molecule has 0 heterocycles. The van der Waals surface area contributed by atoms with Crippen LogP contribution in [0.3, 0.4) is 0 Å². The minimum absolute atomic E-state index is 0.0265. The average Bonchev–Trinajstić information content (AvgIpc) is 2.54. The van der Waals surface area contributed by atoms with Crippen LogP contribution in [0, 0.1) is 6.92 Å². The van der Waals surface area contributed by atoms with Crippen LogP contribution in [0.1, 0.15) is 22.7 Å². The van der Waals surface area contributed by atoms with Gasteiger partial charge in [-0.15, -0.1) is 0 Å². The highest BCUT2D eigenvalue weighted by Crippen LogP contribution is 2.13. The van der Waals surface area contributed by atoms with Crippen LogP contribution in [0.15, 0.2) is 60.7 Å². The van der Waals surface area contributed by atoms with E-state index in [-0.39, 0.29) is 11.9 Å². The van der Waals surface area contributed by atoms with Gasteiger partial charge in [0.05, 0.1) is 6.04 Å². The first-order valence-corrected chi connectivity index (χ1v) is 7.79. The molecule has 120 valence electrons. The van der Waals surface area contributed by atoms with E-state index in [0.29, 0.717) is 0 Å². The number of carbonyl (C=O) groups excluding carboxylic acids is 1. The fourth-order valence-corrected chi connectivity index (χ4v) is 2.35. The van der Waals surface area contributed by atoms with Gasteiger partial charge in [-0.05, 0) is 38.2 Å². The summed E-state index contributed by atoms with van der Waals surface area (Å²) in [5.74, 6) is -0.0821. The van der Waals surface area contributed by atoms with Gasteiger partial charge in [-0.1, -0.05) is 60.2 Å². The van der Waals surface area contributed by atoms with Gasteiger partial charge in [0.2, 0.25) is 5.91 Å². The van der Waals surface area contributed by atoms with Crippen LogP contribution in [0.4, 0.5) is 0 Å². The van der Waals surface area contributed by atoms with Crippen molar-refractivity contribution in [3.8, 4) is 0 Å². The molecule has 0 unspecified atom stereocenters. The molecular weight excluding hydrogens is 284 g/mol. The molecule has 0 aliphatic carbocycles. The largest absolute Gasteiger partial charge is 0.344 e. The van der Waals surface area contributed by atoms with Crippen molar-refractivity contribution in [2.45, 2.75) is 13.0 Å². The minimum Gasteiger partial charge on any atom is -0.344 e. The lowest BCUT2D eigenvalue weighted by atomic mass is 10.1. The number of nitrogens with one attached hydrogen (secondary N) is 1. The summed E-state index contributed by atoms with van der Waals surface area (Å²) in [5.41, 5.74) is 3.34. The van der Waals surface area contributed by atoms with Crippen molar-refractivity contribution in [1.29, 1.82) is 0 Å². The van der Waals surface area contributed by atoms with Crippen molar-refractivity contribution >= 4 is 12.0 Å². The molecule has 1 N–H and O–H groups in total. The van der Waals surface area contributed by atoms with E-state index in [1.54, 1.807) is 6.08 Å². The lowest BCUT2D eigenvalue weighted by molar-refractivity contribution is -0.117. The third-order valence-corrected chi connectivity index (χ3v) is 3.57. The van der Waals surface area contributed by atoms with Gasteiger partial charge >= 0.3 is 0 Å². The van der Waals surface area contributed by atoms with Crippen molar-refractivity contribution in [1.82, 2.24) is 10.2 Å². The van der Waals surface area contributed by atoms with Gasteiger partial charge in [0.1, 0.15) is 0 Å². The predicted molar refractivity (Wildman–Crippen MR) is 96.1 cm³/mol. The number of aryl methyl sites for hydroxylation is 1. The molecule has 0 aromatic heterocycles. The Morgan fingerprint density at radius 1 is 1.09 bits per heavy atom. The summed E-state index contributed by atoms with van der Waals surface area (Å²) in [5, 5.41) is 3.08. The molecule has 3 heteroatoms. The number of amides is 1. The number of hydrogen-bond acceptors (Lipinski definition) is 2. The number of benzene rings is 2. The molecule has 0 aliphatic heterocycles. The minimum atomic E-state index is -0.0821. The monoisotopic (exact) mass is 308 g/mol. The molecule has 0 aliphatic rings. The number of likely N-dealkylation sites (N-methyl/N-ethyl adjacent to an activating group) is 1. The highest BCUT2D eigenvalue weighted by atomic mass is 16.1. The maximum atomic E-state index is 12.2. The molecule has 2 aromatic carbocycles. The fraction of sp³-hybridized carbons (Fsp3) is 0.250. The normalized spacial score (nSPS) is 12.5. The first-order chi connectivity index (χ1) is 11.0. The van der Waals surface area contributed by atoms with Crippen LogP contribution in [-0.4, -0.2) is 31.4 Å². The Labute approximate surface area is 138 Å². The van der Waals surface area contributed by atoms with Gasteiger partial charge in [-0.2, -0.15) is 0 Å². The molecule has 0 saturated heterocycles. The van der Waals surface area contributed by atoms with Gasteiger partial charge in [0.15, 0.2) is 0 Å². The van der Waals surface area contributed by atoms with E-state index in [1.807, 2.05) is 81.7 Å². The first-order valence-electron chi connectivity index (χ1n) is 7.79. The maximum absolute atomic E-state index is 12.2. The number of carbonyl (C=O) groups is 1. The zero-order valence-electron chi connectivity index (χ0n) is 14.0. The Kier molecular flexibility index (Phi) is 6.12. The predicted octanol–water partition coefficient (Wildman–Crippen LogP) is 3.43. The molecule has 0 spiro atoms. The summed E-state index contributed by atoms with van der Waals surface area (Å²) in [6.07, 6.45) is 3.43. The Morgan fingerprint density at radius 3 is 2.35 bits per heavy atom. The van der Waals surface area contributed by atoms with E-state index in [2.05, 4.69) is 10.2 Å². The molecule has 0 bridgehead atoms. The second kappa shape index (κ2) is 8.30. The summed E-state index contributed by atoms with van der Waals surface area (Å²) >= 11 is 0. The van der Waals surface area contributed by atoms with Crippen LogP contribution >= 0.6 is 0 Å². The van der Waals surface area contributed by atoms with Crippen LogP contribution < -0.4 is 5.32 Å². The Hall–Kier alpha value is -2.39. The third kappa shape index (κ3) is 5.72. The first kappa shape index (κ1) is 17.0. The summed E-state index contributed by atoms with van der Waals surface area (Å²) in [6, 6.07) is 18.1. The molecule has 23 heavy (non-hydrogen) atoms. The number of hydrogen-bond donors (Lipinski definition) is 1. The second-order valence-corrected chi connectivity index (χ2v) is 5.98. The lowest BCUT2D eigenvalue weighted by Crippen LogP contribution is -2.34. The highest BCUT2D eigenvalue weighted by molar-refractivity contribution is 5.92. The van der Waals surface area contributed by atoms with Crippen LogP contribution in [0.25, 0.3) is 6.08 Å². The van der Waals surface area contributed by atoms with E-state index in [4.69, 9.17) is 0 Å². The van der Waals surface area contributed by atoms with Gasteiger partial charge < -0.3 is 10.2 Å². The Morgan fingerprint density at radius 2 is 1.74 bits per heavy atom. The van der Waals surface area contributed by atoms with Crippen LogP contribution in [0.5, 0.6) is 0 Å². The van der Waals surface area contributed by atoms with Gasteiger partial charge in [-0.3, -0.25) is 4.79 Å². The topological polar surface area (TPSA) is 32.3 Å². The average molecular weight is 308 g/mol. The lowest BCUT2D eigenvalue weighted by Gasteiger charge is -2.22. The van der Waals surface area contributed by atoms with Crippen molar-refractivity contribution in [3.05, 3.63) is 77.4 Å². The number of rotatable bonds is 6. The van der Waals surface area contributed by atoms with Crippen molar-refractivity contribution < 1.29 is 4.79 Å². The molecule has 1 atom stereocenters. The van der Waals surface area contributed by atoms with E-state index >= 15 is 0 Å². The molecule has 0 saturated carbocycles. The summed E-state index contributed by atoms with van der Waals surface area (Å²) < 4.78 is 0. The maximum Gasteiger partial charge on any atom is 0.244 e. The van der Waals surface area contributed by atoms with Gasteiger partial charge in [-0.25, -0.2) is 0 Å². The molecule has 3 nitrogen and oxygen atoms in total. The molecule has 2 rings (SSSR count). The smallest absolute Gasteiger partial charge is 0.244 e. The van der Waals surface area contributed by atoms with Gasteiger partial charge in [0, 0.05) is 12.6 Å². The van der Waals surface area contributed by atoms with Crippen LogP contribution in [0.2, 0.25) is 0 Å². The van der Waals surface area contributed by atoms with E-state index in [0.717, 1.165) is 17.7 Å². The van der Waals surface area contributed by atoms with Crippen LogP contribution in [-0.2, 0) is 4.79 Å². The summed E-state index contributed by atoms with van der Waals surface area (Å²) in [7, 11) is 4.01.